The number of benzene rings is 2. The van der Waals surface area contributed by atoms with Gasteiger partial charge in [0.2, 0.25) is 0 Å². The van der Waals surface area contributed by atoms with Crippen molar-refractivity contribution in [1.29, 1.82) is 0 Å². The van der Waals surface area contributed by atoms with E-state index in [2.05, 4.69) is 10.2 Å². The first-order valence-electron chi connectivity index (χ1n) is 7.19. The van der Waals surface area contributed by atoms with Crippen LogP contribution in [0.4, 0.5) is 0 Å². The lowest BCUT2D eigenvalue weighted by Crippen LogP contribution is -1.97. The average molecular weight is 381 g/mol. The topological polar surface area (TPSA) is 48.2 Å². The van der Waals surface area contributed by atoms with Crippen molar-refractivity contribution < 1.29 is 9.15 Å². The lowest BCUT2D eigenvalue weighted by Gasteiger charge is -2.06. The van der Waals surface area contributed by atoms with Gasteiger partial charge in [0.15, 0.2) is 6.61 Å². The number of hydrogen-bond donors (Lipinski definition) is 0. The highest BCUT2D eigenvalue weighted by Gasteiger charge is 2.10. The second-order valence-corrected chi connectivity index (χ2v) is 6.81. The molecule has 0 atom stereocenters. The van der Waals surface area contributed by atoms with Crippen molar-refractivity contribution in [3.63, 3.8) is 0 Å². The summed E-state index contributed by atoms with van der Waals surface area (Å²) in [5, 5.41) is 9.90. The molecule has 1 aromatic heterocycles. The molecule has 1 heterocycles. The van der Waals surface area contributed by atoms with Crippen LogP contribution in [-0.2, 0) is 12.4 Å². The van der Waals surface area contributed by atoms with Crippen molar-refractivity contribution >= 4 is 35.0 Å². The largest absolute Gasteiger partial charge is 0.484 e. The average Bonchev–Trinajstić information content (AvgIpc) is 3.01. The number of hydrogen-bond acceptors (Lipinski definition) is 5. The zero-order valence-corrected chi connectivity index (χ0v) is 15.2. The van der Waals surface area contributed by atoms with Crippen molar-refractivity contribution in [1.82, 2.24) is 10.2 Å². The maximum absolute atomic E-state index is 6.13. The summed E-state index contributed by atoms with van der Waals surface area (Å²) in [4.78, 5) is 0. The van der Waals surface area contributed by atoms with Crippen LogP contribution in [-0.4, -0.2) is 10.2 Å². The Kier molecular flexibility index (Phi) is 5.66. The van der Waals surface area contributed by atoms with E-state index in [1.807, 2.05) is 43.3 Å². The number of aryl methyl sites for hydroxylation is 1. The molecule has 2 aromatic carbocycles. The predicted molar refractivity (Wildman–Crippen MR) is 95.8 cm³/mol. The highest BCUT2D eigenvalue weighted by molar-refractivity contribution is 7.98. The normalized spacial score (nSPS) is 10.8. The van der Waals surface area contributed by atoms with Gasteiger partial charge in [0.1, 0.15) is 5.75 Å². The zero-order valence-electron chi connectivity index (χ0n) is 12.8. The van der Waals surface area contributed by atoms with Crippen LogP contribution < -0.4 is 4.74 Å². The van der Waals surface area contributed by atoms with Gasteiger partial charge in [-0.15, -0.1) is 10.2 Å². The van der Waals surface area contributed by atoms with E-state index >= 15 is 0 Å². The second-order valence-electron chi connectivity index (χ2n) is 5.04. The van der Waals surface area contributed by atoms with Crippen molar-refractivity contribution in [3.05, 3.63) is 69.5 Å². The molecule has 0 saturated carbocycles. The maximum atomic E-state index is 6.13. The molecular formula is C17H14Cl2N2O2S. The first-order chi connectivity index (χ1) is 11.6. The smallest absolute Gasteiger partial charge is 0.277 e. The Morgan fingerprint density at radius 3 is 2.75 bits per heavy atom. The van der Waals surface area contributed by atoms with E-state index in [1.54, 1.807) is 6.07 Å². The fourth-order valence-corrected chi connectivity index (χ4v) is 3.32. The summed E-state index contributed by atoms with van der Waals surface area (Å²) in [6, 6.07) is 13.1. The minimum atomic E-state index is 0.210. The molecule has 0 fully saturated rings. The monoisotopic (exact) mass is 380 g/mol. The fraction of sp³-hybridized carbons (Fsp3) is 0.176. The third kappa shape index (κ3) is 4.44. The van der Waals surface area contributed by atoms with E-state index in [0.29, 0.717) is 21.9 Å². The summed E-state index contributed by atoms with van der Waals surface area (Å²) < 4.78 is 11.3. The molecule has 0 bridgehead atoms. The Hall–Kier alpha value is -1.69. The Morgan fingerprint density at radius 2 is 1.96 bits per heavy atom. The molecule has 7 heteroatoms. The zero-order chi connectivity index (χ0) is 16.9. The van der Waals surface area contributed by atoms with Crippen LogP contribution in [0.15, 0.2) is 52.1 Å². The SMILES string of the molecule is Cc1cc(Cl)ccc1OCc1nnc(SCc2ccccc2Cl)o1. The maximum Gasteiger partial charge on any atom is 0.277 e. The number of nitrogens with zero attached hydrogens (tertiary/aromatic N) is 2. The summed E-state index contributed by atoms with van der Waals surface area (Å²) in [6.45, 7) is 2.14. The van der Waals surface area contributed by atoms with Crippen LogP contribution in [0.25, 0.3) is 0 Å². The second kappa shape index (κ2) is 7.92. The molecule has 3 rings (SSSR count). The number of halogens is 2. The van der Waals surface area contributed by atoms with Crippen LogP contribution in [0, 0.1) is 6.92 Å². The number of rotatable bonds is 6. The van der Waals surface area contributed by atoms with Crippen molar-refractivity contribution in [2.75, 3.05) is 0 Å². The van der Waals surface area contributed by atoms with Gasteiger partial charge < -0.3 is 9.15 Å². The number of aromatic nitrogens is 2. The van der Waals surface area contributed by atoms with E-state index in [9.17, 15) is 0 Å². The van der Waals surface area contributed by atoms with Gasteiger partial charge in [0.25, 0.3) is 11.1 Å². The lowest BCUT2D eigenvalue weighted by atomic mass is 10.2. The molecule has 0 amide bonds. The summed E-state index contributed by atoms with van der Waals surface area (Å²) >= 11 is 13.5. The van der Waals surface area contributed by atoms with Crippen LogP contribution in [0.5, 0.6) is 5.75 Å². The minimum absolute atomic E-state index is 0.210. The molecule has 24 heavy (non-hydrogen) atoms. The highest BCUT2D eigenvalue weighted by Crippen LogP contribution is 2.26. The molecule has 0 aliphatic rings. The van der Waals surface area contributed by atoms with E-state index in [1.165, 1.54) is 11.8 Å². The molecule has 0 N–H and O–H groups in total. The molecular weight excluding hydrogens is 367 g/mol. The number of thioether (sulfide) groups is 1. The van der Waals surface area contributed by atoms with Crippen molar-refractivity contribution in [2.45, 2.75) is 24.5 Å². The first kappa shape index (κ1) is 17.1. The van der Waals surface area contributed by atoms with Gasteiger partial charge in [-0.1, -0.05) is 53.2 Å². The third-order valence-electron chi connectivity index (χ3n) is 3.25. The molecule has 0 unspecified atom stereocenters. The standard InChI is InChI=1S/C17H14Cl2N2O2S/c1-11-8-13(18)6-7-15(11)22-9-16-20-21-17(23-16)24-10-12-4-2-3-5-14(12)19/h2-8H,9-10H2,1H3. The molecule has 0 aliphatic carbocycles. The highest BCUT2D eigenvalue weighted by atomic mass is 35.5. The lowest BCUT2D eigenvalue weighted by molar-refractivity contribution is 0.251. The van der Waals surface area contributed by atoms with Crippen molar-refractivity contribution in [3.8, 4) is 5.75 Å². The van der Waals surface area contributed by atoms with Gasteiger partial charge in [0, 0.05) is 15.8 Å². The first-order valence-corrected chi connectivity index (χ1v) is 8.93. The van der Waals surface area contributed by atoms with Crippen molar-refractivity contribution in [2.24, 2.45) is 0 Å². The minimum Gasteiger partial charge on any atom is -0.484 e. The molecule has 4 nitrogen and oxygen atoms in total. The number of ether oxygens (including phenoxy) is 1. The fourth-order valence-electron chi connectivity index (χ4n) is 2.02. The quantitative estimate of drug-likeness (QED) is 0.524. The van der Waals surface area contributed by atoms with Crippen LogP contribution in [0.2, 0.25) is 10.0 Å². The summed E-state index contributed by atoms with van der Waals surface area (Å²) in [6.07, 6.45) is 0. The third-order valence-corrected chi connectivity index (χ3v) is 4.72. The summed E-state index contributed by atoms with van der Waals surface area (Å²) in [5.41, 5.74) is 1.98. The molecule has 124 valence electrons. The Balaban J connectivity index is 1.56. The molecule has 3 aromatic rings. The van der Waals surface area contributed by atoms with E-state index < -0.39 is 0 Å². The van der Waals surface area contributed by atoms with E-state index in [4.69, 9.17) is 32.4 Å². The van der Waals surface area contributed by atoms with E-state index in [0.717, 1.165) is 21.9 Å². The van der Waals surface area contributed by atoms with E-state index in [-0.39, 0.29) is 6.61 Å². The van der Waals surface area contributed by atoms with Crippen LogP contribution >= 0.6 is 35.0 Å². The molecule has 0 aliphatic heterocycles. The Labute approximate surface area is 154 Å². The Morgan fingerprint density at radius 1 is 1.12 bits per heavy atom. The van der Waals surface area contributed by atoms with Gasteiger partial charge in [-0.05, 0) is 42.3 Å². The van der Waals surface area contributed by atoms with Crippen LogP contribution in [0.1, 0.15) is 17.0 Å². The van der Waals surface area contributed by atoms with Gasteiger partial charge in [-0.2, -0.15) is 0 Å². The molecule has 0 saturated heterocycles. The van der Waals surface area contributed by atoms with Gasteiger partial charge in [-0.25, -0.2) is 0 Å². The van der Waals surface area contributed by atoms with Gasteiger partial charge in [-0.3, -0.25) is 0 Å². The van der Waals surface area contributed by atoms with Gasteiger partial charge in [0.05, 0.1) is 0 Å². The summed E-state index contributed by atoms with van der Waals surface area (Å²) in [5.74, 6) is 1.83. The van der Waals surface area contributed by atoms with Gasteiger partial charge >= 0.3 is 0 Å². The van der Waals surface area contributed by atoms with Crippen LogP contribution in [0.3, 0.4) is 0 Å². The Bertz CT molecular complexity index is 839. The molecule has 0 radical (unpaired) electrons. The predicted octanol–water partition coefficient (Wildman–Crippen LogP) is 5.56. The molecule has 0 spiro atoms. The summed E-state index contributed by atoms with van der Waals surface area (Å²) in [7, 11) is 0.